The lowest BCUT2D eigenvalue weighted by atomic mass is 9.74. The molecule has 1 spiro atoms. The predicted molar refractivity (Wildman–Crippen MR) is 198 cm³/mol. The quantitative estimate of drug-likeness (QED) is 0.257. The lowest BCUT2D eigenvalue weighted by molar-refractivity contribution is -0.162. The Kier molecular flexibility index (Phi) is 10.5. The molecule has 5 bridgehead atoms. The molecule has 0 saturated carbocycles. The molecule has 11 nitrogen and oxygen atoms in total. The highest BCUT2D eigenvalue weighted by molar-refractivity contribution is 6.06. The summed E-state index contributed by atoms with van der Waals surface area (Å²) in [6.07, 6.45) is 6.42. The number of carbonyl (C=O) groups is 4. The summed E-state index contributed by atoms with van der Waals surface area (Å²) in [6.45, 7) is 3.83. The molecule has 0 radical (unpaired) electrons. The number of benzene rings is 3. The third kappa shape index (κ3) is 6.77. The molecule has 2 saturated heterocycles. The molecule has 11 heteroatoms. The molecule has 278 valence electrons. The van der Waals surface area contributed by atoms with Gasteiger partial charge in [0, 0.05) is 25.8 Å². The Hall–Kier alpha value is -4.84. The lowest BCUT2D eigenvalue weighted by Crippen LogP contribution is -2.59. The fourth-order valence-electron chi connectivity index (χ4n) is 8.59. The van der Waals surface area contributed by atoms with E-state index in [4.69, 9.17) is 14.2 Å². The van der Waals surface area contributed by atoms with E-state index in [-0.39, 0.29) is 38.0 Å². The van der Waals surface area contributed by atoms with Crippen LogP contribution in [-0.2, 0) is 33.4 Å². The Bertz CT molecular complexity index is 1910. The van der Waals surface area contributed by atoms with Gasteiger partial charge in [0.05, 0.1) is 37.3 Å². The molecule has 4 heterocycles. The van der Waals surface area contributed by atoms with Gasteiger partial charge in [-0.3, -0.25) is 19.2 Å². The molecular formula is C42H47N3O8. The van der Waals surface area contributed by atoms with Crippen molar-refractivity contribution in [2.75, 3.05) is 31.8 Å². The Morgan fingerprint density at radius 1 is 0.962 bits per heavy atom. The molecular weight excluding hydrogens is 674 g/mol. The first kappa shape index (κ1) is 36.5. The zero-order chi connectivity index (χ0) is 37.3. The zero-order valence-electron chi connectivity index (χ0n) is 30.3. The van der Waals surface area contributed by atoms with Gasteiger partial charge < -0.3 is 34.4 Å². The van der Waals surface area contributed by atoms with Gasteiger partial charge >= 0.3 is 5.97 Å². The number of allylic oxidation sites excluding steroid dienone is 1. The fraction of sp³-hybridized carbons (Fsp3) is 0.429. The summed E-state index contributed by atoms with van der Waals surface area (Å²) in [5.74, 6) is -3.85. The topological polar surface area (TPSA) is 135 Å². The number of aliphatic hydroxyl groups excluding tert-OH is 1. The van der Waals surface area contributed by atoms with Gasteiger partial charge in [0.2, 0.25) is 11.8 Å². The third-order valence-electron chi connectivity index (χ3n) is 10.9. The van der Waals surface area contributed by atoms with Crippen LogP contribution in [0.5, 0.6) is 0 Å². The number of methoxy groups -OCH3 is 1. The van der Waals surface area contributed by atoms with Gasteiger partial charge in [-0.1, -0.05) is 98.8 Å². The SMILES string of the molecule is COC[C@@H]1NC(=O)CC/C=C\CN(c2ccc3ccccc3c2)C(=O)[C@H]2N([C@@H](CO)CC(C)C)C(=O)[C@@H]3[C@@H](C(=O)O[C@H]1c1ccccc1)[C@H]1C=C[C@]32O1. The maximum Gasteiger partial charge on any atom is 0.313 e. The molecule has 53 heavy (non-hydrogen) atoms. The first-order valence-corrected chi connectivity index (χ1v) is 18.5. The molecule has 3 aromatic rings. The van der Waals surface area contributed by atoms with E-state index in [1.807, 2.05) is 98.8 Å². The number of nitrogens with zero attached hydrogens (tertiary/aromatic N) is 2. The van der Waals surface area contributed by atoms with Gasteiger partial charge in [0.15, 0.2) is 0 Å². The summed E-state index contributed by atoms with van der Waals surface area (Å²) in [5, 5.41) is 15.7. The minimum Gasteiger partial charge on any atom is -0.455 e. The van der Waals surface area contributed by atoms with Crippen LogP contribution in [0.3, 0.4) is 0 Å². The van der Waals surface area contributed by atoms with Crippen LogP contribution >= 0.6 is 0 Å². The van der Waals surface area contributed by atoms with E-state index in [0.29, 0.717) is 24.1 Å². The summed E-state index contributed by atoms with van der Waals surface area (Å²) in [5.41, 5.74) is -0.223. The third-order valence-corrected chi connectivity index (χ3v) is 10.9. The molecule has 2 fully saturated rings. The molecule has 3 amide bonds. The monoisotopic (exact) mass is 721 g/mol. The van der Waals surface area contributed by atoms with Crippen molar-refractivity contribution in [2.45, 2.75) is 69.0 Å². The number of carbonyl (C=O) groups excluding carboxylic acids is 4. The maximum absolute atomic E-state index is 15.3. The van der Waals surface area contributed by atoms with E-state index in [1.165, 1.54) is 12.0 Å². The van der Waals surface area contributed by atoms with Crippen LogP contribution in [0.25, 0.3) is 10.8 Å². The number of hydrogen-bond donors (Lipinski definition) is 2. The summed E-state index contributed by atoms with van der Waals surface area (Å²) >= 11 is 0. The van der Waals surface area contributed by atoms with E-state index in [2.05, 4.69) is 5.32 Å². The average Bonchev–Trinajstić information content (AvgIpc) is 3.81. The van der Waals surface area contributed by atoms with E-state index >= 15 is 4.79 Å². The Morgan fingerprint density at radius 3 is 2.45 bits per heavy atom. The number of hydrogen-bond acceptors (Lipinski definition) is 8. The highest BCUT2D eigenvalue weighted by Gasteiger charge is 2.74. The van der Waals surface area contributed by atoms with Crippen molar-refractivity contribution >= 4 is 40.2 Å². The molecule has 7 rings (SSSR count). The molecule has 0 unspecified atom stereocenters. The van der Waals surface area contributed by atoms with Crippen molar-refractivity contribution in [3.63, 3.8) is 0 Å². The molecule has 4 aliphatic heterocycles. The van der Waals surface area contributed by atoms with Crippen molar-refractivity contribution in [3.05, 3.63) is 103 Å². The lowest BCUT2D eigenvalue weighted by Gasteiger charge is -2.39. The number of rotatable bonds is 8. The summed E-state index contributed by atoms with van der Waals surface area (Å²) in [4.78, 5) is 61.2. The Labute approximate surface area is 309 Å². The van der Waals surface area contributed by atoms with Crippen molar-refractivity contribution in [3.8, 4) is 0 Å². The number of anilines is 1. The van der Waals surface area contributed by atoms with Gasteiger partial charge in [-0.2, -0.15) is 0 Å². The highest BCUT2D eigenvalue weighted by Crippen LogP contribution is 2.56. The predicted octanol–water partition coefficient (Wildman–Crippen LogP) is 4.50. The number of ether oxygens (including phenoxy) is 3. The molecule has 0 aromatic heterocycles. The molecule has 8 atom stereocenters. The van der Waals surface area contributed by atoms with Crippen molar-refractivity contribution in [1.29, 1.82) is 0 Å². The number of esters is 1. The van der Waals surface area contributed by atoms with Crippen molar-refractivity contribution in [2.24, 2.45) is 17.8 Å². The summed E-state index contributed by atoms with van der Waals surface area (Å²) in [6, 6.07) is 20.1. The number of likely N-dealkylation sites (tertiary alicyclic amines) is 1. The van der Waals surface area contributed by atoms with Crippen LogP contribution < -0.4 is 10.2 Å². The van der Waals surface area contributed by atoms with Crippen LogP contribution in [0.15, 0.2) is 97.1 Å². The smallest absolute Gasteiger partial charge is 0.313 e. The van der Waals surface area contributed by atoms with Crippen LogP contribution in [-0.4, -0.2) is 90.4 Å². The molecule has 3 aromatic carbocycles. The Balaban J connectivity index is 1.36. The largest absolute Gasteiger partial charge is 0.455 e. The second kappa shape index (κ2) is 15.3. The summed E-state index contributed by atoms with van der Waals surface area (Å²) < 4.78 is 18.5. The van der Waals surface area contributed by atoms with E-state index in [9.17, 15) is 19.5 Å². The molecule has 2 N–H and O–H groups in total. The van der Waals surface area contributed by atoms with Crippen LogP contribution in [0.2, 0.25) is 0 Å². The minimum absolute atomic E-state index is 0.0592. The maximum atomic E-state index is 15.3. The standard InChI is InChI=1S/C42H47N3O8/c1-26(2)22-31(24-46)45-38-40(49)44(30-18-17-27-12-9-10-15-29(27)23-30)21-11-5-8-16-34(47)43-32(25-51-3)37(28-13-6-4-7-14-28)52-41(50)35-33-19-20-42(38,53-33)36(35)39(45)48/h4-7,9-15,17-20,23,26,31-33,35-38,46H,8,16,21-22,24-25H2,1-3H3,(H,43,47)/b11-5-/t31-,32+,33-,35+,36+,37+,38-,42+/m1/s1. The van der Waals surface area contributed by atoms with Crippen LogP contribution in [0, 0.1) is 17.8 Å². The number of cyclic esters (lactones) is 1. The van der Waals surface area contributed by atoms with Gasteiger partial charge in [0.25, 0.3) is 5.91 Å². The van der Waals surface area contributed by atoms with Gasteiger partial charge in [-0.25, -0.2) is 0 Å². The average molecular weight is 722 g/mol. The van der Waals surface area contributed by atoms with Gasteiger partial charge in [-0.15, -0.1) is 0 Å². The zero-order valence-corrected chi connectivity index (χ0v) is 30.3. The first-order chi connectivity index (χ1) is 25.7. The normalized spacial score (nSPS) is 30.1. The number of nitrogens with one attached hydrogen (secondary N) is 1. The van der Waals surface area contributed by atoms with Crippen molar-refractivity contribution < 1.29 is 38.5 Å². The fourth-order valence-corrected chi connectivity index (χ4v) is 8.59. The van der Waals surface area contributed by atoms with E-state index < -0.39 is 65.6 Å². The van der Waals surface area contributed by atoms with Crippen LogP contribution in [0.1, 0.15) is 44.8 Å². The second-order valence-electron chi connectivity index (χ2n) is 14.8. The number of fused-ring (bicyclic) bond motifs is 3. The highest BCUT2D eigenvalue weighted by atomic mass is 16.6. The van der Waals surface area contributed by atoms with E-state index in [0.717, 1.165) is 10.8 Å². The summed E-state index contributed by atoms with van der Waals surface area (Å²) in [7, 11) is 1.51. The number of amides is 3. The van der Waals surface area contributed by atoms with E-state index in [1.54, 1.807) is 17.1 Å². The molecule has 0 aliphatic carbocycles. The second-order valence-corrected chi connectivity index (χ2v) is 14.8. The van der Waals surface area contributed by atoms with Gasteiger partial charge in [-0.05, 0) is 47.2 Å². The first-order valence-electron chi connectivity index (χ1n) is 18.5. The molecule has 4 aliphatic rings. The minimum atomic E-state index is -1.48. The van der Waals surface area contributed by atoms with Crippen molar-refractivity contribution in [1.82, 2.24) is 10.2 Å². The number of aliphatic hydroxyl groups is 1. The Morgan fingerprint density at radius 2 is 1.72 bits per heavy atom. The van der Waals surface area contributed by atoms with Crippen LogP contribution in [0.4, 0.5) is 5.69 Å². The van der Waals surface area contributed by atoms with Gasteiger partial charge in [0.1, 0.15) is 23.7 Å².